The average molecular weight is 311 g/mol. The van der Waals surface area contributed by atoms with E-state index >= 15 is 0 Å². The maximum absolute atomic E-state index is 13.5. The molecule has 0 saturated carbocycles. The smallest absolute Gasteiger partial charge is 0.238 e. The highest BCUT2D eigenvalue weighted by Crippen LogP contribution is 2.20. The van der Waals surface area contributed by atoms with Crippen LogP contribution in [-0.2, 0) is 4.79 Å². The van der Waals surface area contributed by atoms with E-state index in [0.29, 0.717) is 5.92 Å². The van der Waals surface area contributed by atoms with Gasteiger partial charge in [-0.05, 0) is 64.0 Å². The average Bonchev–Trinajstić information content (AvgIpc) is 2.49. The molecule has 1 heterocycles. The quantitative estimate of drug-likeness (QED) is 0.847. The molecule has 2 N–H and O–H groups in total. The van der Waals surface area contributed by atoms with Crippen LogP contribution in [0.5, 0.6) is 0 Å². The number of nitrogens with one attached hydrogen (secondary N) is 2. The predicted molar refractivity (Wildman–Crippen MR) is 82.7 cm³/mol. The fraction of sp³-hybridized carbons (Fsp3) is 0.562. The van der Waals surface area contributed by atoms with Gasteiger partial charge in [-0.15, -0.1) is 0 Å². The molecule has 6 heteroatoms. The number of hydrogen-bond donors (Lipinski definition) is 2. The van der Waals surface area contributed by atoms with Gasteiger partial charge in [0.2, 0.25) is 5.91 Å². The lowest BCUT2D eigenvalue weighted by Crippen LogP contribution is -2.39. The zero-order valence-corrected chi connectivity index (χ0v) is 12.9. The summed E-state index contributed by atoms with van der Waals surface area (Å²) in [6.07, 6.45) is 3.33. The number of carbonyl (C=O) groups excluding carboxylic acids is 1. The van der Waals surface area contributed by atoms with E-state index < -0.39 is 11.6 Å². The van der Waals surface area contributed by atoms with Crippen molar-refractivity contribution >= 4 is 11.6 Å². The summed E-state index contributed by atoms with van der Waals surface area (Å²) in [5, 5.41) is 5.65. The molecule has 0 bridgehead atoms. The first-order chi connectivity index (χ1) is 10.6. The van der Waals surface area contributed by atoms with Crippen molar-refractivity contribution in [1.29, 1.82) is 0 Å². The molecule has 1 saturated heterocycles. The van der Waals surface area contributed by atoms with Gasteiger partial charge in [-0.2, -0.15) is 0 Å². The van der Waals surface area contributed by atoms with Crippen molar-refractivity contribution in [3.05, 3.63) is 29.8 Å². The summed E-state index contributed by atoms with van der Waals surface area (Å²) >= 11 is 0. The molecule has 1 aromatic rings. The molecule has 1 amide bonds. The number of nitrogens with zero attached hydrogens (tertiary/aromatic N) is 1. The minimum atomic E-state index is -0.751. The van der Waals surface area contributed by atoms with Crippen LogP contribution in [0.15, 0.2) is 18.2 Å². The lowest BCUT2D eigenvalue weighted by molar-refractivity contribution is -0.117. The van der Waals surface area contributed by atoms with Crippen molar-refractivity contribution in [2.24, 2.45) is 5.92 Å². The number of amides is 1. The summed E-state index contributed by atoms with van der Waals surface area (Å²) in [4.78, 5) is 14.0. The molecule has 1 fully saturated rings. The lowest BCUT2D eigenvalue weighted by Gasteiger charge is -2.31. The maximum Gasteiger partial charge on any atom is 0.238 e. The normalized spacial score (nSPS) is 16.7. The van der Waals surface area contributed by atoms with Crippen LogP contribution in [0.1, 0.15) is 19.3 Å². The predicted octanol–water partition coefficient (Wildman–Crippen LogP) is 2.22. The van der Waals surface area contributed by atoms with E-state index in [2.05, 4.69) is 15.5 Å². The van der Waals surface area contributed by atoms with Gasteiger partial charge in [0, 0.05) is 6.07 Å². The van der Waals surface area contributed by atoms with E-state index in [4.69, 9.17) is 0 Å². The maximum atomic E-state index is 13.5. The SMILES string of the molecule is CNCCC1CCN(CC(=O)Nc2ccc(F)cc2F)CC1. The Morgan fingerprint density at radius 1 is 1.32 bits per heavy atom. The Kier molecular flexibility index (Phi) is 6.27. The van der Waals surface area contributed by atoms with Crippen LogP contribution >= 0.6 is 0 Å². The van der Waals surface area contributed by atoms with Gasteiger partial charge >= 0.3 is 0 Å². The highest BCUT2D eigenvalue weighted by atomic mass is 19.1. The fourth-order valence-electron chi connectivity index (χ4n) is 2.77. The minimum Gasteiger partial charge on any atom is -0.322 e. The van der Waals surface area contributed by atoms with Crippen molar-refractivity contribution in [3.8, 4) is 0 Å². The third-order valence-corrected chi connectivity index (χ3v) is 4.08. The summed E-state index contributed by atoms with van der Waals surface area (Å²) in [6.45, 7) is 3.03. The number of piperidine rings is 1. The van der Waals surface area contributed by atoms with Crippen LogP contribution in [0.25, 0.3) is 0 Å². The Hall–Kier alpha value is -1.53. The number of benzene rings is 1. The van der Waals surface area contributed by atoms with Crippen molar-refractivity contribution in [2.45, 2.75) is 19.3 Å². The second-order valence-corrected chi connectivity index (χ2v) is 5.78. The van der Waals surface area contributed by atoms with Crippen LogP contribution in [0.4, 0.5) is 14.5 Å². The van der Waals surface area contributed by atoms with E-state index in [1.165, 1.54) is 6.07 Å². The third kappa shape index (κ3) is 5.03. The van der Waals surface area contributed by atoms with Crippen LogP contribution < -0.4 is 10.6 Å². The molecular formula is C16H23F2N3O. The van der Waals surface area contributed by atoms with Gasteiger partial charge in [-0.3, -0.25) is 9.69 Å². The van der Waals surface area contributed by atoms with E-state index in [1.807, 2.05) is 7.05 Å². The number of halogens is 2. The van der Waals surface area contributed by atoms with E-state index in [9.17, 15) is 13.6 Å². The zero-order chi connectivity index (χ0) is 15.9. The number of rotatable bonds is 6. The van der Waals surface area contributed by atoms with Gasteiger partial charge in [0.05, 0.1) is 12.2 Å². The van der Waals surface area contributed by atoms with Crippen LogP contribution in [0, 0.1) is 17.6 Å². The third-order valence-electron chi connectivity index (χ3n) is 4.08. The molecule has 22 heavy (non-hydrogen) atoms. The van der Waals surface area contributed by atoms with Crippen molar-refractivity contribution < 1.29 is 13.6 Å². The first kappa shape index (κ1) is 16.8. The number of carbonyl (C=O) groups is 1. The van der Waals surface area contributed by atoms with Gasteiger partial charge in [0.1, 0.15) is 11.6 Å². The van der Waals surface area contributed by atoms with Crippen molar-refractivity contribution in [1.82, 2.24) is 10.2 Å². The number of likely N-dealkylation sites (tertiary alicyclic amines) is 1. The summed E-state index contributed by atoms with van der Waals surface area (Å²) < 4.78 is 26.3. The molecule has 0 spiro atoms. The highest BCUT2D eigenvalue weighted by Gasteiger charge is 2.20. The summed E-state index contributed by atoms with van der Waals surface area (Å²) in [6, 6.07) is 3.14. The van der Waals surface area contributed by atoms with E-state index in [1.54, 1.807) is 0 Å². The van der Waals surface area contributed by atoms with Crippen molar-refractivity contribution in [2.75, 3.05) is 38.5 Å². The van der Waals surface area contributed by atoms with Crippen LogP contribution in [0.2, 0.25) is 0 Å². The Balaban J connectivity index is 1.76. The highest BCUT2D eigenvalue weighted by molar-refractivity contribution is 5.92. The monoisotopic (exact) mass is 311 g/mol. The van der Waals surface area contributed by atoms with Gasteiger partial charge in [-0.1, -0.05) is 0 Å². The Morgan fingerprint density at radius 2 is 2.05 bits per heavy atom. The second-order valence-electron chi connectivity index (χ2n) is 5.78. The summed E-state index contributed by atoms with van der Waals surface area (Å²) in [7, 11) is 1.95. The van der Waals surface area contributed by atoms with Crippen LogP contribution in [-0.4, -0.2) is 44.0 Å². The number of hydrogen-bond acceptors (Lipinski definition) is 3. The molecule has 0 aromatic heterocycles. The Labute approximate surface area is 129 Å². The first-order valence-corrected chi connectivity index (χ1v) is 7.70. The minimum absolute atomic E-state index is 0.0234. The molecule has 0 atom stereocenters. The molecule has 1 aromatic carbocycles. The molecular weight excluding hydrogens is 288 g/mol. The Morgan fingerprint density at radius 3 is 2.68 bits per heavy atom. The molecule has 0 aliphatic carbocycles. The van der Waals surface area contributed by atoms with Gasteiger partial charge in [-0.25, -0.2) is 8.78 Å². The standard InChI is InChI=1S/C16H23F2N3O/c1-19-7-4-12-5-8-21(9-6-12)11-16(22)20-15-3-2-13(17)10-14(15)18/h2-3,10,12,19H,4-9,11H2,1H3,(H,20,22). The molecule has 0 radical (unpaired) electrons. The van der Waals surface area contributed by atoms with Gasteiger partial charge in [0.15, 0.2) is 0 Å². The van der Waals surface area contributed by atoms with Crippen LogP contribution in [0.3, 0.4) is 0 Å². The molecule has 2 rings (SSSR count). The summed E-state index contributed by atoms with van der Waals surface area (Å²) in [5.41, 5.74) is 0.0234. The Bertz CT molecular complexity index is 502. The topological polar surface area (TPSA) is 44.4 Å². The molecule has 1 aliphatic heterocycles. The molecule has 1 aliphatic rings. The lowest BCUT2D eigenvalue weighted by atomic mass is 9.93. The first-order valence-electron chi connectivity index (χ1n) is 7.70. The van der Waals surface area contributed by atoms with E-state index in [0.717, 1.165) is 51.0 Å². The van der Waals surface area contributed by atoms with E-state index in [-0.39, 0.29) is 18.1 Å². The summed E-state index contributed by atoms with van der Waals surface area (Å²) in [5.74, 6) is -0.959. The van der Waals surface area contributed by atoms with Gasteiger partial charge < -0.3 is 10.6 Å². The number of anilines is 1. The fourth-order valence-corrected chi connectivity index (χ4v) is 2.77. The molecule has 0 unspecified atom stereocenters. The second kappa shape index (κ2) is 8.19. The van der Waals surface area contributed by atoms with Crippen molar-refractivity contribution in [3.63, 3.8) is 0 Å². The zero-order valence-electron chi connectivity index (χ0n) is 12.9. The largest absolute Gasteiger partial charge is 0.322 e. The molecule has 122 valence electrons. The molecule has 4 nitrogen and oxygen atoms in total. The van der Waals surface area contributed by atoms with Gasteiger partial charge in [0.25, 0.3) is 0 Å².